The number of benzene rings is 1. The van der Waals surface area contributed by atoms with Crippen LogP contribution in [0.2, 0.25) is 0 Å². The first-order valence-electron chi connectivity index (χ1n) is 11.5. The zero-order chi connectivity index (χ0) is 23.4. The molecule has 1 aromatic carbocycles. The number of anilines is 1. The molecule has 4 rings (SSSR count). The van der Waals surface area contributed by atoms with Crippen LogP contribution in [-0.2, 0) is 10.0 Å². The topological polar surface area (TPSA) is 77.1 Å². The van der Waals surface area contributed by atoms with Gasteiger partial charge in [0, 0.05) is 71.7 Å². The Morgan fingerprint density at radius 3 is 2.55 bits per heavy atom. The smallest absolute Gasteiger partial charge is 0.253 e. The molecular formula is C24H33N5O3S. The van der Waals surface area contributed by atoms with Gasteiger partial charge < -0.3 is 9.80 Å². The fraction of sp³-hybridized carbons (Fsp3) is 0.500. The summed E-state index contributed by atoms with van der Waals surface area (Å²) in [7, 11) is -0.580. The van der Waals surface area contributed by atoms with Crippen molar-refractivity contribution in [2.75, 3.05) is 64.8 Å². The average molecular weight is 472 g/mol. The van der Waals surface area contributed by atoms with Crippen molar-refractivity contribution in [2.45, 2.75) is 17.7 Å². The van der Waals surface area contributed by atoms with Gasteiger partial charge >= 0.3 is 0 Å². The van der Waals surface area contributed by atoms with Crippen molar-refractivity contribution < 1.29 is 13.2 Å². The molecule has 0 N–H and O–H groups in total. The number of carbonyl (C=O) groups excluding carboxylic acids is 1. The van der Waals surface area contributed by atoms with Gasteiger partial charge in [-0.25, -0.2) is 17.7 Å². The first kappa shape index (κ1) is 23.7. The highest BCUT2D eigenvalue weighted by Crippen LogP contribution is 2.22. The largest absolute Gasteiger partial charge is 0.354 e. The Kier molecular flexibility index (Phi) is 7.31. The maximum Gasteiger partial charge on any atom is 0.253 e. The molecule has 2 fully saturated rings. The molecule has 1 amide bonds. The van der Waals surface area contributed by atoms with Crippen LogP contribution in [0.3, 0.4) is 0 Å². The van der Waals surface area contributed by atoms with E-state index in [-0.39, 0.29) is 10.8 Å². The second-order valence-corrected chi connectivity index (χ2v) is 11.2. The molecule has 2 aromatic rings. The number of rotatable bonds is 6. The molecule has 1 atom stereocenters. The molecule has 8 nitrogen and oxygen atoms in total. The molecule has 3 heterocycles. The molecule has 0 bridgehead atoms. The van der Waals surface area contributed by atoms with E-state index in [4.69, 9.17) is 0 Å². The summed E-state index contributed by atoms with van der Waals surface area (Å²) < 4.78 is 26.1. The number of sulfonamides is 1. The first-order chi connectivity index (χ1) is 15.8. The summed E-state index contributed by atoms with van der Waals surface area (Å²) in [5, 5.41) is 0. The van der Waals surface area contributed by atoms with Gasteiger partial charge in [-0.1, -0.05) is 12.1 Å². The molecular weight excluding hydrogens is 438 g/mol. The van der Waals surface area contributed by atoms with Crippen LogP contribution < -0.4 is 4.90 Å². The van der Waals surface area contributed by atoms with Crippen molar-refractivity contribution in [3.05, 3.63) is 54.2 Å². The summed E-state index contributed by atoms with van der Waals surface area (Å²) >= 11 is 0. The highest BCUT2D eigenvalue weighted by Gasteiger charge is 2.28. The third-order valence-electron chi connectivity index (χ3n) is 6.53. The molecule has 9 heteroatoms. The minimum Gasteiger partial charge on any atom is -0.354 e. The zero-order valence-electron chi connectivity index (χ0n) is 19.4. The first-order valence-corrected chi connectivity index (χ1v) is 13.0. The van der Waals surface area contributed by atoms with Crippen LogP contribution in [0.25, 0.3) is 0 Å². The standard InChI is InChI=1S/C24H33N5O3S/c1-26(2)33(31,32)22-9-5-8-21(17-22)24(30)29-12-6-7-20(19-29)18-27-13-15-28(16-14-27)23-10-3-4-11-25-23/h3-5,8-11,17,20H,6-7,12-16,18-19H2,1-2H3. The monoisotopic (exact) mass is 471 g/mol. The van der Waals surface area contributed by atoms with Crippen LogP contribution >= 0.6 is 0 Å². The van der Waals surface area contributed by atoms with Crippen LogP contribution in [0.1, 0.15) is 23.2 Å². The Morgan fingerprint density at radius 1 is 1.06 bits per heavy atom. The summed E-state index contributed by atoms with van der Waals surface area (Å²) in [6, 6.07) is 12.4. The number of pyridine rings is 1. The van der Waals surface area contributed by atoms with Gasteiger partial charge in [0.05, 0.1) is 4.90 Å². The van der Waals surface area contributed by atoms with Gasteiger partial charge in [0.1, 0.15) is 5.82 Å². The van der Waals surface area contributed by atoms with Crippen LogP contribution in [0.15, 0.2) is 53.6 Å². The van der Waals surface area contributed by atoms with Crippen LogP contribution in [0.5, 0.6) is 0 Å². The predicted molar refractivity (Wildman–Crippen MR) is 129 cm³/mol. The molecule has 0 radical (unpaired) electrons. The minimum absolute atomic E-state index is 0.0875. The third kappa shape index (κ3) is 5.54. The molecule has 1 aromatic heterocycles. The van der Waals surface area contributed by atoms with Gasteiger partial charge in [0.25, 0.3) is 5.91 Å². The molecule has 0 spiro atoms. The predicted octanol–water partition coefficient (Wildman–Crippen LogP) is 2.01. The van der Waals surface area contributed by atoms with E-state index in [1.165, 1.54) is 30.5 Å². The maximum absolute atomic E-state index is 13.2. The van der Waals surface area contributed by atoms with Crippen LogP contribution in [0.4, 0.5) is 5.82 Å². The second-order valence-electron chi connectivity index (χ2n) is 9.05. The summed E-state index contributed by atoms with van der Waals surface area (Å²) in [6.07, 6.45) is 3.92. The van der Waals surface area contributed by atoms with Gasteiger partial charge in [-0.3, -0.25) is 9.69 Å². The highest BCUT2D eigenvalue weighted by atomic mass is 32.2. The SMILES string of the molecule is CN(C)S(=O)(=O)c1cccc(C(=O)N2CCCC(CN3CCN(c4ccccn4)CC3)C2)c1. The van der Waals surface area contributed by atoms with Crippen molar-refractivity contribution in [3.8, 4) is 0 Å². The number of hydrogen-bond donors (Lipinski definition) is 0. The average Bonchev–Trinajstić information content (AvgIpc) is 2.85. The van der Waals surface area contributed by atoms with Gasteiger partial charge in [-0.2, -0.15) is 0 Å². The Hall–Kier alpha value is -2.49. The second kappa shape index (κ2) is 10.2. The summed E-state index contributed by atoms with van der Waals surface area (Å²) in [5.41, 5.74) is 0.433. The lowest BCUT2D eigenvalue weighted by Gasteiger charge is -2.39. The molecule has 1 unspecified atom stereocenters. The Morgan fingerprint density at radius 2 is 1.85 bits per heavy atom. The third-order valence-corrected chi connectivity index (χ3v) is 8.34. The minimum atomic E-state index is -3.57. The van der Waals surface area contributed by atoms with E-state index < -0.39 is 10.0 Å². The number of piperazine rings is 1. The summed E-state index contributed by atoms with van der Waals surface area (Å²) in [5.74, 6) is 1.37. The molecule has 2 aliphatic rings. The molecule has 0 saturated carbocycles. The Bertz CT molecular complexity index is 1050. The molecule has 178 valence electrons. The van der Waals surface area contributed by atoms with Crippen molar-refractivity contribution >= 4 is 21.7 Å². The quantitative estimate of drug-likeness (QED) is 0.642. The Balaban J connectivity index is 1.34. The fourth-order valence-corrected chi connectivity index (χ4v) is 5.60. The van der Waals surface area contributed by atoms with E-state index in [2.05, 4.69) is 20.9 Å². The number of nitrogens with zero attached hydrogens (tertiary/aromatic N) is 5. The number of piperidine rings is 1. The van der Waals surface area contributed by atoms with Crippen molar-refractivity contribution in [3.63, 3.8) is 0 Å². The van der Waals surface area contributed by atoms with Crippen molar-refractivity contribution in [2.24, 2.45) is 5.92 Å². The van der Waals surface area contributed by atoms with E-state index in [1.54, 1.807) is 12.1 Å². The van der Waals surface area contributed by atoms with E-state index in [0.29, 0.717) is 24.6 Å². The normalized spacial score (nSPS) is 20.3. The number of likely N-dealkylation sites (tertiary alicyclic amines) is 1. The van der Waals surface area contributed by atoms with Crippen LogP contribution in [0, 0.1) is 5.92 Å². The van der Waals surface area contributed by atoms with E-state index in [1.807, 2.05) is 23.2 Å². The lowest BCUT2D eigenvalue weighted by molar-refractivity contribution is 0.0637. The summed E-state index contributed by atoms with van der Waals surface area (Å²) in [4.78, 5) is 24.5. The molecule has 2 aliphatic heterocycles. The summed E-state index contributed by atoms with van der Waals surface area (Å²) in [6.45, 7) is 6.31. The Labute approximate surface area is 196 Å². The molecule has 2 saturated heterocycles. The zero-order valence-corrected chi connectivity index (χ0v) is 20.2. The molecule has 33 heavy (non-hydrogen) atoms. The lowest BCUT2D eigenvalue weighted by Crippen LogP contribution is -2.50. The number of aromatic nitrogens is 1. The molecule has 0 aliphatic carbocycles. The highest BCUT2D eigenvalue weighted by molar-refractivity contribution is 7.89. The van der Waals surface area contributed by atoms with E-state index in [9.17, 15) is 13.2 Å². The van der Waals surface area contributed by atoms with Gasteiger partial charge in [0.15, 0.2) is 0 Å². The van der Waals surface area contributed by atoms with Crippen LogP contribution in [-0.4, -0.2) is 93.3 Å². The van der Waals surface area contributed by atoms with Gasteiger partial charge in [-0.05, 0) is 49.1 Å². The van der Waals surface area contributed by atoms with Crippen molar-refractivity contribution in [1.82, 2.24) is 19.1 Å². The van der Waals surface area contributed by atoms with E-state index >= 15 is 0 Å². The maximum atomic E-state index is 13.2. The fourth-order valence-electron chi connectivity index (χ4n) is 4.65. The lowest BCUT2D eigenvalue weighted by atomic mass is 9.96. The number of hydrogen-bond acceptors (Lipinski definition) is 6. The van der Waals surface area contributed by atoms with Gasteiger partial charge in [0.2, 0.25) is 10.0 Å². The van der Waals surface area contributed by atoms with E-state index in [0.717, 1.165) is 51.4 Å². The number of carbonyl (C=O) groups is 1. The van der Waals surface area contributed by atoms with Crippen molar-refractivity contribution in [1.29, 1.82) is 0 Å². The van der Waals surface area contributed by atoms with Gasteiger partial charge in [-0.15, -0.1) is 0 Å². The number of amides is 1.